The van der Waals surface area contributed by atoms with Gasteiger partial charge in [0, 0.05) is 31.0 Å². The summed E-state index contributed by atoms with van der Waals surface area (Å²) in [5.41, 5.74) is 4.90. The third kappa shape index (κ3) is 4.92. The average Bonchev–Trinajstić information content (AvgIpc) is 3.49. The summed E-state index contributed by atoms with van der Waals surface area (Å²) in [7, 11) is 3.35. The third-order valence-electron chi connectivity index (χ3n) is 7.97. The van der Waals surface area contributed by atoms with Gasteiger partial charge in [-0.3, -0.25) is 19.1 Å². The Balaban J connectivity index is 1.38. The van der Waals surface area contributed by atoms with Crippen LogP contribution in [0.25, 0.3) is 0 Å². The van der Waals surface area contributed by atoms with E-state index in [0.717, 1.165) is 40.1 Å². The summed E-state index contributed by atoms with van der Waals surface area (Å²) in [4.78, 5) is 39.3. The number of carbonyl (C=O) groups excluding carboxylic acids is 3. The van der Waals surface area contributed by atoms with Gasteiger partial charge in [-0.1, -0.05) is 36.7 Å². The van der Waals surface area contributed by atoms with E-state index in [0.29, 0.717) is 30.6 Å². The zero-order chi connectivity index (χ0) is 27.0. The first-order valence-electron chi connectivity index (χ1n) is 12.9. The van der Waals surface area contributed by atoms with Crippen molar-refractivity contribution in [1.29, 1.82) is 0 Å². The molecule has 0 bridgehead atoms. The molecule has 3 aromatic rings. The molecule has 5 rings (SSSR count). The van der Waals surface area contributed by atoms with Crippen molar-refractivity contribution in [2.24, 2.45) is 18.4 Å². The first kappa shape index (κ1) is 26.0. The zero-order valence-corrected chi connectivity index (χ0v) is 22.6. The van der Waals surface area contributed by atoms with Crippen LogP contribution in [0.5, 0.6) is 0 Å². The summed E-state index contributed by atoms with van der Waals surface area (Å²) in [6, 6.07) is 12.5. The Morgan fingerprint density at radius 3 is 2.63 bits per heavy atom. The van der Waals surface area contributed by atoms with Crippen LogP contribution in [0.2, 0.25) is 5.02 Å². The Morgan fingerprint density at radius 1 is 1.11 bits per heavy atom. The fourth-order valence-electron chi connectivity index (χ4n) is 5.91. The number of anilines is 1. The number of carbonyl (C=O) groups is 3. The number of fused-ring (bicyclic) bond motifs is 2. The zero-order valence-electron chi connectivity index (χ0n) is 21.8. The number of aromatic nitrogens is 2. The molecule has 0 aliphatic heterocycles. The van der Waals surface area contributed by atoms with Gasteiger partial charge >= 0.3 is 0 Å². The van der Waals surface area contributed by atoms with Crippen molar-refractivity contribution in [2.45, 2.75) is 45.1 Å². The summed E-state index contributed by atoms with van der Waals surface area (Å²) >= 11 is 6.42. The molecule has 2 aliphatic rings. The van der Waals surface area contributed by atoms with E-state index in [9.17, 15) is 14.4 Å². The van der Waals surface area contributed by atoms with Gasteiger partial charge in [0.25, 0.3) is 5.91 Å². The van der Waals surface area contributed by atoms with Crippen LogP contribution in [0.1, 0.15) is 46.1 Å². The second-order valence-electron chi connectivity index (χ2n) is 10.6. The Hall–Kier alpha value is -3.65. The first-order chi connectivity index (χ1) is 18.2. The van der Waals surface area contributed by atoms with Crippen molar-refractivity contribution < 1.29 is 14.4 Å². The van der Waals surface area contributed by atoms with Gasteiger partial charge in [-0.25, -0.2) is 0 Å². The normalized spacial score (nSPS) is 20.7. The Kier molecular flexibility index (Phi) is 7.01. The van der Waals surface area contributed by atoms with Gasteiger partial charge in [0.15, 0.2) is 0 Å². The molecule has 0 radical (unpaired) electrons. The van der Waals surface area contributed by atoms with E-state index in [1.54, 1.807) is 26.4 Å². The number of rotatable bonds is 6. The molecule has 198 valence electrons. The van der Waals surface area contributed by atoms with Crippen molar-refractivity contribution in [3.8, 4) is 0 Å². The highest BCUT2D eigenvalue weighted by molar-refractivity contribution is 6.31. The van der Waals surface area contributed by atoms with Crippen molar-refractivity contribution in [3.05, 3.63) is 81.6 Å². The number of nitrogens with one attached hydrogen (secondary N) is 3. The molecule has 0 saturated heterocycles. The molecule has 3 N–H and O–H groups in total. The number of nitrogens with zero attached hydrogens (tertiary/aromatic N) is 2. The molecule has 8 nitrogen and oxygen atoms in total. The van der Waals surface area contributed by atoms with Crippen LogP contribution in [0, 0.1) is 11.3 Å². The van der Waals surface area contributed by atoms with Crippen LogP contribution in [-0.2, 0) is 42.3 Å². The van der Waals surface area contributed by atoms with Crippen LogP contribution in [0.3, 0.4) is 0 Å². The molecule has 3 amide bonds. The molecule has 2 aromatic carbocycles. The first-order valence-corrected chi connectivity index (χ1v) is 13.3. The molecule has 1 heterocycles. The van der Waals surface area contributed by atoms with Crippen molar-refractivity contribution in [3.63, 3.8) is 0 Å². The van der Waals surface area contributed by atoms with Crippen molar-refractivity contribution >= 4 is 35.0 Å². The number of benzene rings is 2. The minimum Gasteiger partial charge on any atom is -0.359 e. The molecular formula is C29H32ClN5O3. The van der Waals surface area contributed by atoms with Crippen LogP contribution >= 0.6 is 11.6 Å². The second kappa shape index (κ2) is 10.3. The molecule has 0 spiro atoms. The van der Waals surface area contributed by atoms with E-state index >= 15 is 0 Å². The average molecular weight is 534 g/mol. The number of halogens is 1. The van der Waals surface area contributed by atoms with Gasteiger partial charge in [-0.15, -0.1) is 0 Å². The largest absolute Gasteiger partial charge is 0.359 e. The Bertz CT molecular complexity index is 1420. The van der Waals surface area contributed by atoms with Gasteiger partial charge < -0.3 is 16.0 Å². The van der Waals surface area contributed by atoms with Crippen LogP contribution in [-0.4, -0.2) is 40.6 Å². The minimum absolute atomic E-state index is 0.00918. The van der Waals surface area contributed by atoms with Crippen LogP contribution in [0.4, 0.5) is 5.69 Å². The van der Waals surface area contributed by atoms with E-state index in [4.69, 9.17) is 11.6 Å². The molecule has 0 saturated carbocycles. The van der Waals surface area contributed by atoms with E-state index in [1.165, 1.54) is 4.68 Å². The lowest BCUT2D eigenvalue weighted by atomic mass is 9.79. The molecule has 3 atom stereocenters. The maximum Gasteiger partial charge on any atom is 0.270 e. The molecule has 9 heteroatoms. The highest BCUT2D eigenvalue weighted by Crippen LogP contribution is 2.38. The fourth-order valence-corrected chi connectivity index (χ4v) is 6.20. The molecule has 38 heavy (non-hydrogen) atoms. The van der Waals surface area contributed by atoms with Gasteiger partial charge in [-0.05, 0) is 84.5 Å². The summed E-state index contributed by atoms with van der Waals surface area (Å²) in [5, 5.41) is 13.6. The Labute approximate surface area is 227 Å². The van der Waals surface area contributed by atoms with E-state index in [-0.39, 0.29) is 23.6 Å². The predicted octanol–water partition coefficient (Wildman–Crippen LogP) is 3.47. The van der Waals surface area contributed by atoms with Crippen LogP contribution in [0.15, 0.2) is 48.7 Å². The van der Waals surface area contributed by atoms with E-state index < -0.39 is 11.5 Å². The third-order valence-corrected chi connectivity index (χ3v) is 8.32. The lowest BCUT2D eigenvalue weighted by molar-refractivity contribution is -0.129. The van der Waals surface area contributed by atoms with Gasteiger partial charge in [0.05, 0.1) is 5.41 Å². The Morgan fingerprint density at radius 2 is 1.89 bits per heavy atom. The van der Waals surface area contributed by atoms with E-state index in [2.05, 4.69) is 21.0 Å². The number of amides is 3. The monoisotopic (exact) mass is 533 g/mol. The summed E-state index contributed by atoms with van der Waals surface area (Å²) in [6.07, 6.45) is 4.90. The highest BCUT2D eigenvalue weighted by atomic mass is 35.5. The number of hydrogen-bond acceptors (Lipinski definition) is 4. The number of hydrogen-bond donors (Lipinski definition) is 3. The maximum absolute atomic E-state index is 13.7. The standard InChI is InChI=1S/C29H32ClN5O3/c1-29(28(38)31-2)15-19-7-9-21(14-20(19)16-29)33-27(37)25(34-26(36)24-11-12-32-35(24)3)18-8-10-22-17(13-18)5-4-6-23(22)30/h4-7,9,11-12,14,18,25H,8,10,13,15-16H2,1-3H3,(H,31,38)(H,33,37)(H,34,36). The topological polar surface area (TPSA) is 105 Å². The van der Waals surface area contributed by atoms with Crippen molar-refractivity contribution in [1.82, 2.24) is 20.4 Å². The van der Waals surface area contributed by atoms with E-state index in [1.807, 2.05) is 43.3 Å². The summed E-state index contributed by atoms with van der Waals surface area (Å²) < 4.78 is 1.49. The maximum atomic E-state index is 13.7. The van der Waals surface area contributed by atoms with Crippen LogP contribution < -0.4 is 16.0 Å². The molecule has 3 unspecified atom stereocenters. The van der Waals surface area contributed by atoms with Gasteiger partial charge in [0.1, 0.15) is 11.7 Å². The smallest absolute Gasteiger partial charge is 0.270 e. The predicted molar refractivity (Wildman–Crippen MR) is 146 cm³/mol. The lowest BCUT2D eigenvalue weighted by Gasteiger charge is -2.31. The lowest BCUT2D eigenvalue weighted by Crippen LogP contribution is -2.50. The molecule has 1 aromatic heterocycles. The SMILES string of the molecule is CNC(=O)C1(C)Cc2ccc(NC(=O)C(NC(=O)c3ccnn3C)C3CCc4c(Cl)cccc4C3)cc2C1. The van der Waals surface area contributed by atoms with Gasteiger partial charge in [0.2, 0.25) is 11.8 Å². The van der Waals surface area contributed by atoms with Crippen molar-refractivity contribution in [2.75, 3.05) is 12.4 Å². The molecular weight excluding hydrogens is 502 g/mol. The quantitative estimate of drug-likeness (QED) is 0.451. The molecule has 0 fully saturated rings. The summed E-state index contributed by atoms with van der Waals surface area (Å²) in [5.74, 6) is -0.723. The molecule has 2 aliphatic carbocycles. The second-order valence-corrected chi connectivity index (χ2v) is 11.0. The number of aryl methyl sites for hydroxylation is 1. The minimum atomic E-state index is -0.756. The van der Waals surface area contributed by atoms with Gasteiger partial charge in [-0.2, -0.15) is 5.10 Å². The summed E-state index contributed by atoms with van der Waals surface area (Å²) in [6.45, 7) is 1.96. The highest BCUT2D eigenvalue weighted by Gasteiger charge is 2.39. The fraction of sp³-hybridized carbons (Fsp3) is 0.379.